The molecule has 1 aromatic carbocycles. The first kappa shape index (κ1) is 16.4. The van der Waals surface area contributed by atoms with Crippen molar-refractivity contribution in [3.05, 3.63) is 34.9 Å². The molecule has 4 heteroatoms. The zero-order chi connectivity index (χ0) is 15.9. The number of ketones is 2. The van der Waals surface area contributed by atoms with E-state index in [1.54, 1.807) is 12.1 Å². The van der Waals surface area contributed by atoms with E-state index in [4.69, 9.17) is 0 Å². The molecule has 2 rings (SSSR count). The summed E-state index contributed by atoms with van der Waals surface area (Å²) in [4.78, 5) is 34.8. The molecule has 0 amide bonds. The summed E-state index contributed by atoms with van der Waals surface area (Å²) in [6.45, 7) is 2.35. The molecule has 118 valence electrons. The van der Waals surface area contributed by atoms with Gasteiger partial charge in [-0.25, -0.2) is 0 Å². The average Bonchev–Trinajstić information content (AvgIpc) is 2.77. The lowest BCUT2D eigenvalue weighted by atomic mass is 9.97. The maximum Gasteiger partial charge on any atom is 0.294 e. The molecule has 0 N–H and O–H groups in total. The van der Waals surface area contributed by atoms with Crippen LogP contribution < -0.4 is 0 Å². The monoisotopic (exact) mass is 302 g/mol. The number of benzene rings is 1. The van der Waals surface area contributed by atoms with Gasteiger partial charge < -0.3 is 4.74 Å². The van der Waals surface area contributed by atoms with E-state index in [0.29, 0.717) is 11.1 Å². The first-order valence-corrected chi connectivity index (χ1v) is 8.00. The molecule has 1 aromatic rings. The van der Waals surface area contributed by atoms with Crippen LogP contribution in [0.4, 0.5) is 0 Å². The lowest BCUT2D eigenvalue weighted by Gasteiger charge is -2.07. The summed E-state index contributed by atoms with van der Waals surface area (Å²) in [5.74, 6) is -0.787. The fourth-order valence-corrected chi connectivity index (χ4v) is 2.97. The summed E-state index contributed by atoms with van der Waals surface area (Å²) >= 11 is 0. The Balaban J connectivity index is 2.02. The van der Waals surface area contributed by atoms with Crippen LogP contribution in [0.15, 0.2) is 18.2 Å². The van der Waals surface area contributed by atoms with Crippen LogP contribution in [0.2, 0.25) is 0 Å². The van der Waals surface area contributed by atoms with E-state index in [2.05, 4.69) is 11.7 Å². The Morgan fingerprint density at radius 2 is 1.77 bits per heavy atom. The van der Waals surface area contributed by atoms with E-state index >= 15 is 0 Å². The van der Waals surface area contributed by atoms with Gasteiger partial charge in [-0.15, -0.1) is 0 Å². The summed E-state index contributed by atoms with van der Waals surface area (Å²) in [6, 6.07) is 5.31. The molecule has 22 heavy (non-hydrogen) atoms. The predicted octanol–water partition coefficient (Wildman–Crippen LogP) is 3.51. The van der Waals surface area contributed by atoms with Gasteiger partial charge in [0, 0.05) is 11.1 Å². The summed E-state index contributed by atoms with van der Waals surface area (Å²) in [5.41, 5.74) is 1.73. The largest absolute Gasteiger partial charge is 0.448 e. The highest BCUT2D eigenvalue weighted by Gasteiger charge is 2.41. The highest BCUT2D eigenvalue weighted by molar-refractivity contribution is 6.29. The standard InChI is InChI=1S/C18H22O4/c1-2-3-4-5-6-7-9-13-10-8-11-14-15(13)17(21)18(16(14)20)22-12-19/h8,10-12,18H,2-7,9H2,1H3. The third kappa shape index (κ3) is 3.43. The van der Waals surface area contributed by atoms with Crippen LogP contribution in [0, 0.1) is 0 Å². The second-order valence-electron chi connectivity index (χ2n) is 5.70. The molecule has 0 fully saturated rings. The minimum Gasteiger partial charge on any atom is -0.448 e. The van der Waals surface area contributed by atoms with Gasteiger partial charge in [-0.2, -0.15) is 0 Å². The van der Waals surface area contributed by atoms with Crippen LogP contribution in [0.25, 0.3) is 0 Å². The highest BCUT2D eigenvalue weighted by atomic mass is 16.5. The Morgan fingerprint density at radius 1 is 1.05 bits per heavy atom. The van der Waals surface area contributed by atoms with Gasteiger partial charge in [0.05, 0.1) is 0 Å². The molecule has 0 aromatic heterocycles. The number of fused-ring (bicyclic) bond motifs is 1. The Labute approximate surface area is 130 Å². The number of ether oxygens (including phenoxy) is 1. The van der Waals surface area contributed by atoms with Crippen molar-refractivity contribution < 1.29 is 19.1 Å². The number of carbonyl (C=O) groups excluding carboxylic acids is 3. The molecule has 0 radical (unpaired) electrons. The van der Waals surface area contributed by atoms with Crippen LogP contribution in [-0.4, -0.2) is 24.1 Å². The van der Waals surface area contributed by atoms with E-state index in [0.717, 1.165) is 24.8 Å². The number of aryl methyl sites for hydroxylation is 1. The second kappa shape index (κ2) is 7.87. The van der Waals surface area contributed by atoms with Gasteiger partial charge in [-0.1, -0.05) is 57.2 Å². The highest BCUT2D eigenvalue weighted by Crippen LogP contribution is 2.28. The molecule has 0 saturated carbocycles. The van der Waals surface area contributed by atoms with Crippen molar-refractivity contribution in [1.82, 2.24) is 0 Å². The number of unbranched alkanes of at least 4 members (excludes halogenated alkanes) is 5. The molecular formula is C18H22O4. The SMILES string of the molecule is CCCCCCCCc1cccc2c1C(=O)C(OC=O)C2=O. The minimum absolute atomic E-state index is 0.166. The number of hydrogen-bond donors (Lipinski definition) is 0. The van der Waals surface area contributed by atoms with E-state index in [1.807, 2.05) is 6.07 Å². The Bertz CT molecular complexity index is 562. The van der Waals surface area contributed by atoms with Crippen molar-refractivity contribution in [2.24, 2.45) is 0 Å². The van der Waals surface area contributed by atoms with Crippen molar-refractivity contribution in [1.29, 1.82) is 0 Å². The lowest BCUT2D eigenvalue weighted by molar-refractivity contribution is -0.130. The molecular weight excluding hydrogens is 280 g/mol. The molecule has 0 bridgehead atoms. The summed E-state index contributed by atoms with van der Waals surface area (Å²) in [6.07, 6.45) is 6.56. The smallest absolute Gasteiger partial charge is 0.294 e. The Morgan fingerprint density at radius 3 is 2.50 bits per heavy atom. The van der Waals surface area contributed by atoms with Gasteiger partial charge in [-0.05, 0) is 18.4 Å². The fourth-order valence-electron chi connectivity index (χ4n) is 2.97. The summed E-state index contributed by atoms with van der Waals surface area (Å²) < 4.78 is 4.66. The molecule has 0 heterocycles. The lowest BCUT2D eigenvalue weighted by Crippen LogP contribution is -2.25. The number of carbonyl (C=O) groups is 3. The maximum atomic E-state index is 12.3. The van der Waals surface area contributed by atoms with Crippen molar-refractivity contribution in [3.63, 3.8) is 0 Å². The quantitative estimate of drug-likeness (QED) is 0.398. The van der Waals surface area contributed by atoms with E-state index in [-0.39, 0.29) is 12.3 Å². The summed E-state index contributed by atoms with van der Waals surface area (Å²) in [5, 5.41) is 0. The number of rotatable bonds is 9. The van der Waals surface area contributed by atoms with Crippen LogP contribution in [0.3, 0.4) is 0 Å². The van der Waals surface area contributed by atoms with Crippen LogP contribution in [-0.2, 0) is 16.0 Å². The summed E-state index contributed by atoms with van der Waals surface area (Å²) in [7, 11) is 0. The molecule has 4 nitrogen and oxygen atoms in total. The van der Waals surface area contributed by atoms with Gasteiger partial charge >= 0.3 is 0 Å². The Hall–Kier alpha value is -1.97. The van der Waals surface area contributed by atoms with Gasteiger partial charge in [-0.3, -0.25) is 14.4 Å². The van der Waals surface area contributed by atoms with Crippen molar-refractivity contribution in [2.75, 3.05) is 0 Å². The Kier molecular flexibility index (Phi) is 5.87. The first-order valence-electron chi connectivity index (χ1n) is 8.00. The molecule has 1 aliphatic rings. The van der Waals surface area contributed by atoms with Gasteiger partial charge in [0.15, 0.2) is 0 Å². The first-order chi connectivity index (χ1) is 10.7. The third-order valence-electron chi connectivity index (χ3n) is 4.13. The molecule has 0 aliphatic heterocycles. The zero-order valence-electron chi connectivity index (χ0n) is 13.0. The normalized spacial score (nSPS) is 16.7. The van der Waals surface area contributed by atoms with Crippen molar-refractivity contribution in [2.45, 2.75) is 58.0 Å². The number of Topliss-reactive ketones (excluding diaryl/α,β-unsaturated/α-hetero) is 2. The molecule has 1 unspecified atom stereocenters. The van der Waals surface area contributed by atoms with Crippen LogP contribution >= 0.6 is 0 Å². The zero-order valence-corrected chi connectivity index (χ0v) is 13.0. The molecule has 1 atom stereocenters. The topological polar surface area (TPSA) is 60.4 Å². The van der Waals surface area contributed by atoms with Crippen molar-refractivity contribution in [3.8, 4) is 0 Å². The fraction of sp³-hybridized carbons (Fsp3) is 0.500. The van der Waals surface area contributed by atoms with Crippen LogP contribution in [0.5, 0.6) is 0 Å². The average molecular weight is 302 g/mol. The van der Waals surface area contributed by atoms with Gasteiger partial charge in [0.2, 0.25) is 17.7 Å². The van der Waals surface area contributed by atoms with Crippen molar-refractivity contribution >= 4 is 18.0 Å². The predicted molar refractivity (Wildman–Crippen MR) is 83.1 cm³/mol. The molecule has 0 saturated heterocycles. The third-order valence-corrected chi connectivity index (χ3v) is 4.13. The second-order valence-corrected chi connectivity index (χ2v) is 5.70. The molecule has 0 spiro atoms. The van der Waals surface area contributed by atoms with Crippen LogP contribution in [0.1, 0.15) is 71.7 Å². The minimum atomic E-state index is -1.28. The number of hydrogen-bond acceptors (Lipinski definition) is 4. The van der Waals surface area contributed by atoms with E-state index in [9.17, 15) is 14.4 Å². The van der Waals surface area contributed by atoms with E-state index < -0.39 is 11.9 Å². The maximum absolute atomic E-state index is 12.3. The molecule has 1 aliphatic carbocycles. The van der Waals surface area contributed by atoms with Gasteiger partial charge in [0.25, 0.3) is 6.47 Å². The van der Waals surface area contributed by atoms with E-state index in [1.165, 1.54) is 25.7 Å². The van der Waals surface area contributed by atoms with Gasteiger partial charge in [0.1, 0.15) is 0 Å².